The standard InChI is InChI=1S/C32H33N3O4/c1-32(2,3)34-31(37)30(28-20-24-8-6-7-9-27(24)33-28)35(21-23-12-17-26(39-5)18-13-23)29(36)19-14-22-10-15-25(38-4)16-11-22/h6-13,15-18,20,30,33H,21H2,1-5H3,(H,34,37). The minimum Gasteiger partial charge on any atom is -0.497 e. The largest absolute Gasteiger partial charge is 0.497 e. The molecule has 1 unspecified atom stereocenters. The van der Waals surface area contributed by atoms with Crippen molar-refractivity contribution in [2.24, 2.45) is 0 Å². The second kappa shape index (κ2) is 11.8. The molecule has 39 heavy (non-hydrogen) atoms. The van der Waals surface area contributed by atoms with E-state index >= 15 is 0 Å². The predicted molar refractivity (Wildman–Crippen MR) is 152 cm³/mol. The maximum atomic E-state index is 13.8. The van der Waals surface area contributed by atoms with Crippen LogP contribution in [0.25, 0.3) is 10.9 Å². The summed E-state index contributed by atoms with van der Waals surface area (Å²) in [6, 6.07) is 23.3. The van der Waals surface area contributed by atoms with E-state index in [9.17, 15) is 9.59 Å². The smallest absolute Gasteiger partial charge is 0.300 e. The first-order chi connectivity index (χ1) is 18.7. The number of methoxy groups -OCH3 is 2. The molecule has 200 valence electrons. The summed E-state index contributed by atoms with van der Waals surface area (Å²) in [5, 5.41) is 4.00. The van der Waals surface area contributed by atoms with Crippen molar-refractivity contribution in [3.05, 3.63) is 95.7 Å². The molecule has 0 radical (unpaired) electrons. The Kier molecular flexibility index (Phi) is 8.26. The minimum absolute atomic E-state index is 0.164. The molecule has 0 spiro atoms. The molecule has 2 amide bonds. The number of carbonyl (C=O) groups is 2. The number of para-hydroxylation sites is 1. The first-order valence-electron chi connectivity index (χ1n) is 12.7. The molecule has 4 rings (SSSR count). The number of carbonyl (C=O) groups excluding carboxylic acids is 2. The normalized spacial score (nSPS) is 11.7. The monoisotopic (exact) mass is 523 g/mol. The molecule has 4 aromatic rings. The molecule has 0 aliphatic carbocycles. The average molecular weight is 524 g/mol. The van der Waals surface area contributed by atoms with Gasteiger partial charge in [0.1, 0.15) is 11.5 Å². The highest BCUT2D eigenvalue weighted by atomic mass is 16.5. The van der Waals surface area contributed by atoms with E-state index in [2.05, 4.69) is 22.1 Å². The van der Waals surface area contributed by atoms with E-state index in [1.165, 1.54) is 4.90 Å². The molecule has 2 N–H and O–H groups in total. The zero-order valence-electron chi connectivity index (χ0n) is 22.9. The van der Waals surface area contributed by atoms with Gasteiger partial charge in [0.05, 0.1) is 14.2 Å². The van der Waals surface area contributed by atoms with Crippen LogP contribution in [0.3, 0.4) is 0 Å². The van der Waals surface area contributed by atoms with Gasteiger partial charge in [0, 0.05) is 34.8 Å². The topological polar surface area (TPSA) is 83.7 Å². The number of benzene rings is 3. The zero-order chi connectivity index (χ0) is 28.0. The lowest BCUT2D eigenvalue weighted by Crippen LogP contribution is -2.49. The molecule has 0 bridgehead atoms. The molecule has 0 fully saturated rings. The van der Waals surface area contributed by atoms with Crippen LogP contribution in [0.4, 0.5) is 0 Å². The van der Waals surface area contributed by atoms with Gasteiger partial charge >= 0.3 is 0 Å². The van der Waals surface area contributed by atoms with Crippen LogP contribution < -0.4 is 14.8 Å². The number of amides is 2. The summed E-state index contributed by atoms with van der Waals surface area (Å²) in [6.45, 7) is 5.89. The first kappa shape index (κ1) is 27.3. The summed E-state index contributed by atoms with van der Waals surface area (Å²) >= 11 is 0. The van der Waals surface area contributed by atoms with Crippen molar-refractivity contribution in [3.63, 3.8) is 0 Å². The van der Waals surface area contributed by atoms with Crippen LogP contribution in [0.2, 0.25) is 0 Å². The third-order valence-electron chi connectivity index (χ3n) is 6.08. The summed E-state index contributed by atoms with van der Waals surface area (Å²) in [7, 11) is 3.19. The van der Waals surface area contributed by atoms with Crippen LogP contribution in [-0.4, -0.2) is 41.5 Å². The highest BCUT2D eigenvalue weighted by Crippen LogP contribution is 2.28. The molecule has 0 saturated heterocycles. The van der Waals surface area contributed by atoms with E-state index in [4.69, 9.17) is 9.47 Å². The van der Waals surface area contributed by atoms with Gasteiger partial charge in [-0.2, -0.15) is 0 Å². The second-order valence-corrected chi connectivity index (χ2v) is 10.2. The molecule has 1 aromatic heterocycles. The first-order valence-corrected chi connectivity index (χ1v) is 12.7. The van der Waals surface area contributed by atoms with Gasteiger partial charge in [-0.3, -0.25) is 9.59 Å². The Morgan fingerprint density at radius 2 is 1.54 bits per heavy atom. The number of fused-ring (bicyclic) bond motifs is 1. The number of nitrogens with one attached hydrogen (secondary N) is 2. The van der Waals surface area contributed by atoms with Gasteiger partial charge in [-0.15, -0.1) is 0 Å². The van der Waals surface area contributed by atoms with E-state index in [1.807, 2.05) is 75.4 Å². The molecule has 7 heteroatoms. The summed E-state index contributed by atoms with van der Waals surface area (Å²) in [5.74, 6) is 6.32. The molecule has 1 atom stereocenters. The fourth-order valence-corrected chi connectivity index (χ4v) is 4.21. The molecule has 7 nitrogen and oxygen atoms in total. The Hall–Kier alpha value is -4.70. The van der Waals surface area contributed by atoms with Crippen molar-refractivity contribution < 1.29 is 19.1 Å². The van der Waals surface area contributed by atoms with Crippen molar-refractivity contribution in [3.8, 4) is 23.3 Å². The van der Waals surface area contributed by atoms with Crippen molar-refractivity contribution in [1.82, 2.24) is 15.2 Å². The number of H-pyrrole nitrogens is 1. The fourth-order valence-electron chi connectivity index (χ4n) is 4.21. The van der Waals surface area contributed by atoms with Gasteiger partial charge in [0.25, 0.3) is 5.91 Å². The maximum Gasteiger partial charge on any atom is 0.300 e. The molecule has 0 saturated carbocycles. The van der Waals surface area contributed by atoms with Gasteiger partial charge in [-0.25, -0.2) is 0 Å². The van der Waals surface area contributed by atoms with Gasteiger partial charge in [0.15, 0.2) is 6.04 Å². The molecule has 3 aromatic carbocycles. The lowest BCUT2D eigenvalue weighted by atomic mass is 10.0. The zero-order valence-corrected chi connectivity index (χ0v) is 22.9. The Morgan fingerprint density at radius 3 is 2.13 bits per heavy atom. The van der Waals surface area contributed by atoms with Crippen LogP contribution in [0.15, 0.2) is 78.9 Å². The maximum absolute atomic E-state index is 13.8. The predicted octanol–water partition coefficient (Wildman–Crippen LogP) is 5.22. The highest BCUT2D eigenvalue weighted by molar-refractivity contribution is 5.98. The van der Waals surface area contributed by atoms with Crippen LogP contribution in [0, 0.1) is 11.8 Å². The number of rotatable bonds is 7. The Labute approximate surface area is 229 Å². The second-order valence-electron chi connectivity index (χ2n) is 10.2. The van der Waals surface area contributed by atoms with Crippen LogP contribution in [0.5, 0.6) is 11.5 Å². The molecule has 0 aliphatic heterocycles. The third kappa shape index (κ3) is 6.99. The SMILES string of the molecule is COc1ccc(C#CC(=O)N(Cc2ccc(OC)cc2)C(C(=O)NC(C)(C)C)c2cc3ccccc3[nH]2)cc1. The van der Waals surface area contributed by atoms with E-state index in [-0.39, 0.29) is 12.5 Å². The number of aromatic nitrogens is 1. The van der Waals surface area contributed by atoms with E-state index in [0.717, 1.165) is 16.5 Å². The molecular formula is C32H33N3O4. The number of nitrogens with zero attached hydrogens (tertiary/aromatic N) is 1. The van der Waals surface area contributed by atoms with E-state index < -0.39 is 17.5 Å². The Balaban J connectivity index is 1.78. The van der Waals surface area contributed by atoms with E-state index in [0.29, 0.717) is 22.8 Å². The molecule has 1 heterocycles. The Bertz CT molecular complexity index is 1470. The third-order valence-corrected chi connectivity index (χ3v) is 6.08. The lowest BCUT2D eigenvalue weighted by Gasteiger charge is -2.32. The van der Waals surface area contributed by atoms with Crippen LogP contribution in [-0.2, 0) is 16.1 Å². The molecule has 0 aliphatic rings. The summed E-state index contributed by atoms with van der Waals surface area (Å²) in [5.41, 5.74) is 2.47. The van der Waals surface area contributed by atoms with Gasteiger partial charge in [-0.05, 0) is 80.3 Å². The minimum atomic E-state index is -0.948. The number of hydrogen-bond acceptors (Lipinski definition) is 4. The van der Waals surface area contributed by atoms with Crippen molar-refractivity contribution in [2.45, 2.75) is 38.9 Å². The van der Waals surface area contributed by atoms with Crippen LogP contribution >= 0.6 is 0 Å². The van der Waals surface area contributed by atoms with Gasteiger partial charge in [0.2, 0.25) is 5.91 Å². The highest BCUT2D eigenvalue weighted by Gasteiger charge is 2.34. The average Bonchev–Trinajstić information content (AvgIpc) is 3.34. The number of ether oxygens (including phenoxy) is 2. The summed E-state index contributed by atoms with van der Waals surface area (Å²) in [4.78, 5) is 32.4. The number of hydrogen-bond donors (Lipinski definition) is 2. The van der Waals surface area contributed by atoms with E-state index in [1.54, 1.807) is 38.5 Å². The van der Waals surface area contributed by atoms with Crippen molar-refractivity contribution >= 4 is 22.7 Å². The van der Waals surface area contributed by atoms with Crippen LogP contribution in [0.1, 0.15) is 43.6 Å². The van der Waals surface area contributed by atoms with Gasteiger partial charge < -0.3 is 24.7 Å². The summed E-state index contributed by atoms with van der Waals surface area (Å²) < 4.78 is 10.5. The summed E-state index contributed by atoms with van der Waals surface area (Å²) in [6.07, 6.45) is 0. The van der Waals surface area contributed by atoms with Crippen molar-refractivity contribution in [1.29, 1.82) is 0 Å². The van der Waals surface area contributed by atoms with Crippen molar-refractivity contribution in [2.75, 3.05) is 14.2 Å². The molecular weight excluding hydrogens is 490 g/mol. The number of aromatic amines is 1. The quantitative estimate of drug-likeness (QED) is 0.325. The lowest BCUT2D eigenvalue weighted by molar-refractivity contribution is -0.138. The Morgan fingerprint density at radius 1 is 0.923 bits per heavy atom. The fraction of sp³-hybridized carbons (Fsp3) is 0.250. The van der Waals surface area contributed by atoms with Gasteiger partial charge in [-0.1, -0.05) is 36.3 Å².